The van der Waals surface area contributed by atoms with Gasteiger partial charge >= 0.3 is 0 Å². The van der Waals surface area contributed by atoms with Crippen LogP contribution in [0, 0.1) is 0 Å². The van der Waals surface area contributed by atoms with Gasteiger partial charge in [0.2, 0.25) is 11.8 Å². The van der Waals surface area contributed by atoms with Crippen LogP contribution >= 0.6 is 0 Å². The second-order valence-electron chi connectivity index (χ2n) is 32.0. The summed E-state index contributed by atoms with van der Waals surface area (Å²) in [5.41, 5.74) is 0. The van der Waals surface area contributed by atoms with Crippen LogP contribution in [0.25, 0.3) is 0 Å². The predicted molar refractivity (Wildman–Crippen MR) is 385 cm³/mol. The summed E-state index contributed by atoms with van der Waals surface area (Å²) in [6.07, 6.45) is -108. The molecule has 56 heteroatoms. The fourth-order valence-corrected chi connectivity index (χ4v) is 16.1. The van der Waals surface area contributed by atoms with E-state index in [1.165, 1.54) is 13.8 Å². The molecular weight excluding hydrogens is 1730 g/mol. The highest BCUT2D eigenvalue weighted by atomic mass is 16.8. The van der Waals surface area contributed by atoms with Crippen LogP contribution in [-0.4, -0.2) is 573 Å². The highest BCUT2D eigenvalue weighted by molar-refractivity contribution is 5.73. The standard InChI is InChI=1S/C70H120N2O54/c1-15-30(85)39(94)45(100)62(108-15)125-59-41(96)33(88)21(7-75)112-69(59)123-56-35(90)23(9-77)110-66(49(56)104)120-54-26(12-80)115-64(47(102)43(54)98)119-53-25(11-79)114-61(29(38(53)93)72-18(4)83)107-14-28-37(92)58(51(106)68(117-28)118-52(32(87)20(84)6-74)19(5-73)71-17(3)82)122-65-48(103)44(99)55(27(13-81)116-65)121-67-50(105)57(36(91)24(10-78)111-67)124-70-60(42(97)34(89)22(8-76)113-70)126-63-46(101)40(95)31(86)16(2)109-63/h15-16,19-70,73-81,84-106H,5-14H2,1-4H3,(H,71,82)(H,72,83)/t15-,16-,19-,20+,21+,22+,23+,24+,25+,26+,27+,28+,29+,30+,31+,32-,33-,34-,35-,36-,37-,38+,39+,40+,41-,42-,43+,44+,45-,46-,47+,48+,49+,50+,51+,52+,53+,54-,55-,56-,57-,58-,59+,60+,61+,62-,63-,64-,65-,66+,67+,68-,69+,70+/m0/s1. The fourth-order valence-electron chi connectivity index (χ4n) is 16.1. The van der Waals surface area contributed by atoms with Crippen LogP contribution in [0.2, 0.25) is 0 Å². The lowest BCUT2D eigenvalue weighted by Gasteiger charge is -2.50. The number of aliphatic hydroxyl groups excluding tert-OH is 32. The molecule has 10 saturated heterocycles. The maximum Gasteiger partial charge on any atom is 0.217 e. The second kappa shape index (κ2) is 45.9. The van der Waals surface area contributed by atoms with Gasteiger partial charge in [0.1, 0.15) is 250 Å². The van der Waals surface area contributed by atoms with E-state index in [9.17, 15) is 173 Å². The molecule has 126 heavy (non-hydrogen) atoms. The van der Waals surface area contributed by atoms with Crippen molar-refractivity contribution in [2.75, 3.05) is 66.1 Å². The van der Waals surface area contributed by atoms with Crippen molar-refractivity contribution in [3.05, 3.63) is 0 Å². The maximum atomic E-state index is 13.0. The number of hydrogen-bond donors (Lipinski definition) is 34. The first kappa shape index (κ1) is 105. The van der Waals surface area contributed by atoms with Crippen molar-refractivity contribution in [3.8, 4) is 0 Å². The normalized spacial score (nSPS) is 49.7. The molecule has 0 spiro atoms. The fraction of sp³-hybridized carbons (Fsp3) is 0.971. The van der Waals surface area contributed by atoms with Gasteiger partial charge in [-0.25, -0.2) is 0 Å². The minimum absolute atomic E-state index is 0.910. The van der Waals surface area contributed by atoms with E-state index < -0.39 is 409 Å². The molecule has 34 N–H and O–H groups in total. The van der Waals surface area contributed by atoms with Gasteiger partial charge in [0, 0.05) is 13.8 Å². The van der Waals surface area contributed by atoms with Crippen LogP contribution < -0.4 is 10.6 Å². The highest BCUT2D eigenvalue weighted by Crippen LogP contribution is 2.41. The van der Waals surface area contributed by atoms with E-state index in [0.717, 1.165) is 13.8 Å². The predicted octanol–water partition coefficient (Wildman–Crippen LogP) is -23.0. The Hall–Kier alpha value is -3.14. The molecule has 10 fully saturated rings. The van der Waals surface area contributed by atoms with Crippen molar-refractivity contribution in [2.45, 2.75) is 359 Å². The third kappa shape index (κ3) is 22.8. The molecule has 56 nitrogen and oxygen atoms in total. The molecule has 54 atom stereocenters. The third-order valence-corrected chi connectivity index (χ3v) is 23.4. The quantitative estimate of drug-likeness (QED) is 0.0280. The van der Waals surface area contributed by atoms with Crippen LogP contribution in [-0.2, 0) is 104 Å². The molecule has 0 aliphatic carbocycles. The van der Waals surface area contributed by atoms with Crippen LogP contribution in [0.4, 0.5) is 0 Å². The van der Waals surface area contributed by atoms with Gasteiger partial charge in [-0.1, -0.05) is 0 Å². The Bertz CT molecular complexity index is 3290. The number of rotatable bonds is 35. The van der Waals surface area contributed by atoms with Gasteiger partial charge in [-0.05, 0) is 13.8 Å². The Kier molecular flexibility index (Phi) is 38.3. The third-order valence-electron chi connectivity index (χ3n) is 23.4. The lowest BCUT2D eigenvalue weighted by molar-refractivity contribution is -0.400. The Morgan fingerprint density at radius 2 is 0.579 bits per heavy atom. The summed E-state index contributed by atoms with van der Waals surface area (Å²) in [6, 6.07) is -3.73. The Morgan fingerprint density at radius 1 is 0.286 bits per heavy atom. The summed E-state index contributed by atoms with van der Waals surface area (Å²) < 4.78 is 116. The van der Waals surface area contributed by atoms with Crippen molar-refractivity contribution in [1.29, 1.82) is 0 Å². The first-order valence-electron chi connectivity index (χ1n) is 40.3. The molecule has 10 heterocycles. The van der Waals surface area contributed by atoms with Crippen molar-refractivity contribution < 1.29 is 268 Å². The second-order valence-corrected chi connectivity index (χ2v) is 32.0. The van der Waals surface area contributed by atoms with E-state index in [1.54, 1.807) is 0 Å². The van der Waals surface area contributed by atoms with E-state index in [1.807, 2.05) is 0 Å². The SMILES string of the molecule is CC(=O)N[C@H]1[C@H](OC[C@H]2O[C@@H](O[C@@H]([C@@H](O)[C@H](O)CO)[C@H](CO)NC(C)=O)[C@H](O)[C@@H](O[C@@H]3O[C@H](CO)[C@H](O[C@H]4O[C@H](CO)[C@H](O)[C@H](O[C@H]5O[C@H](CO)[C@H](O)[C@H](O)[C@H]5O[C@@H]5O[C@@H](C)[C@@H](O)[C@@H](O)[C@@H]5O)[C@H]4O)[C@H](O)[C@H]3O)[C@H]2O)O[C@H](CO)[C@@H](O[C@@H]2O[C@H](CO)[C@H](O[C@H]3O[C@H](CO)[C@H](O)[C@H](O[C@H]4O[C@H](CO)[C@H](O)[C@H](O)[C@H]4O[C@@H]4O[C@@H](C)[C@@H](O)[C@@H](O)[C@@H]4O)[C@H]3O)[C@H](O)[C@H]2O)[C@@H]1O. The summed E-state index contributed by atoms with van der Waals surface area (Å²) in [5.74, 6) is -1.89. The average Bonchev–Trinajstić information content (AvgIpc) is 0.770. The van der Waals surface area contributed by atoms with Gasteiger partial charge in [-0.2, -0.15) is 0 Å². The number of aliphatic hydroxyl groups is 32. The van der Waals surface area contributed by atoms with Gasteiger partial charge < -0.3 is 269 Å². The van der Waals surface area contributed by atoms with E-state index in [0.29, 0.717) is 0 Å². The summed E-state index contributed by atoms with van der Waals surface area (Å²) in [5, 5.41) is 359. The zero-order chi connectivity index (χ0) is 93.0. The van der Waals surface area contributed by atoms with E-state index in [-0.39, 0.29) is 0 Å². The number of ether oxygens (including phenoxy) is 20. The zero-order valence-corrected chi connectivity index (χ0v) is 67.5. The minimum atomic E-state index is -2.52. The molecule has 10 aliphatic rings. The molecule has 0 saturated carbocycles. The number of carbonyl (C=O) groups is 2. The van der Waals surface area contributed by atoms with Crippen molar-refractivity contribution >= 4 is 11.8 Å². The molecule has 0 aromatic rings. The molecule has 2 amide bonds. The maximum absolute atomic E-state index is 13.0. The average molecular weight is 1850 g/mol. The Labute approximate surface area is 713 Å². The molecule has 10 rings (SSSR count). The van der Waals surface area contributed by atoms with E-state index in [2.05, 4.69) is 10.6 Å². The number of carbonyl (C=O) groups excluding carboxylic acids is 2. The van der Waals surface area contributed by atoms with Gasteiger partial charge in [-0.15, -0.1) is 0 Å². The molecule has 10 aliphatic heterocycles. The largest absolute Gasteiger partial charge is 0.394 e. The van der Waals surface area contributed by atoms with Crippen molar-refractivity contribution in [2.24, 2.45) is 0 Å². The smallest absolute Gasteiger partial charge is 0.217 e. The summed E-state index contributed by atoms with van der Waals surface area (Å²) in [7, 11) is 0. The molecule has 0 aromatic heterocycles. The van der Waals surface area contributed by atoms with Crippen LogP contribution in [0.1, 0.15) is 27.7 Å². The molecule has 0 aromatic carbocycles. The summed E-state index contributed by atoms with van der Waals surface area (Å²) in [6.45, 7) is -7.06. The lowest BCUT2D eigenvalue weighted by Crippen LogP contribution is -2.69. The zero-order valence-electron chi connectivity index (χ0n) is 67.5. The highest BCUT2D eigenvalue weighted by Gasteiger charge is 2.62. The van der Waals surface area contributed by atoms with E-state index >= 15 is 0 Å². The van der Waals surface area contributed by atoms with E-state index in [4.69, 9.17) is 94.7 Å². The minimum Gasteiger partial charge on any atom is -0.394 e. The first-order valence-corrected chi connectivity index (χ1v) is 40.3. The number of nitrogens with one attached hydrogen (secondary N) is 2. The van der Waals surface area contributed by atoms with Crippen molar-refractivity contribution in [3.63, 3.8) is 0 Å². The lowest BCUT2D eigenvalue weighted by atomic mass is 9.94. The molecule has 0 unspecified atom stereocenters. The van der Waals surface area contributed by atoms with Gasteiger partial charge in [0.25, 0.3) is 0 Å². The van der Waals surface area contributed by atoms with Crippen molar-refractivity contribution in [1.82, 2.24) is 10.6 Å². The van der Waals surface area contributed by atoms with Crippen LogP contribution in [0.15, 0.2) is 0 Å². The van der Waals surface area contributed by atoms with Crippen LogP contribution in [0.5, 0.6) is 0 Å². The molecule has 0 radical (unpaired) electrons. The molecule has 734 valence electrons. The topological polar surface area (TPSA) is 890 Å². The number of hydrogen-bond acceptors (Lipinski definition) is 54. The first-order chi connectivity index (χ1) is 59.6. The number of amides is 2. The summed E-state index contributed by atoms with van der Waals surface area (Å²) in [4.78, 5) is 25.5. The Balaban J connectivity index is 0.848. The molecule has 0 bridgehead atoms. The monoisotopic (exact) mass is 1850 g/mol. The summed E-state index contributed by atoms with van der Waals surface area (Å²) >= 11 is 0. The Morgan fingerprint density at radius 3 is 0.952 bits per heavy atom. The molecular formula is C70H120N2O54. The van der Waals surface area contributed by atoms with Crippen LogP contribution in [0.3, 0.4) is 0 Å². The van der Waals surface area contributed by atoms with Gasteiger partial charge in [0.05, 0.1) is 84.3 Å². The van der Waals surface area contributed by atoms with Gasteiger partial charge in [0.15, 0.2) is 62.9 Å². The van der Waals surface area contributed by atoms with Gasteiger partial charge in [-0.3, -0.25) is 9.59 Å².